The van der Waals surface area contributed by atoms with Crippen molar-refractivity contribution in [2.75, 3.05) is 0 Å². The molecule has 3 N–H and O–H groups in total. The van der Waals surface area contributed by atoms with Crippen LogP contribution in [-0.4, -0.2) is 17.1 Å². The molecule has 1 aromatic carbocycles. The smallest absolute Gasteiger partial charge is 0.412 e. The van der Waals surface area contributed by atoms with Crippen LogP contribution in [0, 0.1) is 5.92 Å². The average Bonchev–Trinajstić information content (AvgIpc) is 2.44. The van der Waals surface area contributed by atoms with Crippen molar-refractivity contribution in [2.45, 2.75) is 32.9 Å². The maximum absolute atomic E-state index is 11.6. The van der Waals surface area contributed by atoms with Gasteiger partial charge in [0.2, 0.25) is 0 Å². The number of hydrogen-bond donors (Lipinski definition) is 2. The number of amides is 1. The maximum atomic E-state index is 11.6. The Morgan fingerprint density at radius 1 is 1.42 bits per heavy atom. The van der Waals surface area contributed by atoms with E-state index in [0.29, 0.717) is 4.99 Å². The highest BCUT2D eigenvalue weighted by Gasteiger charge is 2.18. The van der Waals surface area contributed by atoms with Crippen molar-refractivity contribution in [2.24, 2.45) is 11.7 Å². The lowest BCUT2D eigenvalue weighted by molar-refractivity contribution is 0.145. The number of thiocarbonyl (C=S) groups is 1. The number of benzene rings is 1. The van der Waals surface area contributed by atoms with Crippen molar-refractivity contribution >= 4 is 23.3 Å². The monoisotopic (exact) mass is 280 g/mol. The molecule has 19 heavy (non-hydrogen) atoms. The minimum absolute atomic E-state index is 0.216. The number of ether oxygens (including phenoxy) is 1. The van der Waals surface area contributed by atoms with Crippen LogP contribution in [-0.2, 0) is 11.3 Å². The van der Waals surface area contributed by atoms with Crippen molar-refractivity contribution in [1.82, 2.24) is 5.32 Å². The summed E-state index contributed by atoms with van der Waals surface area (Å²) >= 11 is 5.09. The molecule has 2 atom stereocenters. The fourth-order valence-corrected chi connectivity index (χ4v) is 1.77. The van der Waals surface area contributed by atoms with E-state index in [1.807, 2.05) is 44.2 Å². The van der Waals surface area contributed by atoms with Crippen LogP contribution in [0.15, 0.2) is 30.3 Å². The van der Waals surface area contributed by atoms with Crippen LogP contribution < -0.4 is 11.1 Å². The largest absolute Gasteiger partial charge is 0.444 e. The highest BCUT2D eigenvalue weighted by Crippen LogP contribution is 2.06. The van der Waals surface area contributed by atoms with Gasteiger partial charge in [0.15, 0.2) is 0 Å². The second-order valence-electron chi connectivity index (χ2n) is 4.46. The Morgan fingerprint density at radius 2 is 2.05 bits per heavy atom. The molecule has 1 amide bonds. The molecule has 0 unspecified atom stereocenters. The summed E-state index contributed by atoms with van der Waals surface area (Å²) in [6, 6.07) is 9.13. The number of alkyl carbamates (subject to hydrolysis) is 1. The fourth-order valence-electron chi connectivity index (χ4n) is 1.46. The number of hydrogen-bond acceptors (Lipinski definition) is 4. The molecule has 0 spiro atoms. The topological polar surface area (TPSA) is 64.3 Å². The summed E-state index contributed by atoms with van der Waals surface area (Å²) in [4.78, 5) is 11.9. The Kier molecular flexibility index (Phi) is 6.45. The number of nitrogens with two attached hydrogens (primary N) is 1. The van der Waals surface area contributed by atoms with E-state index in [4.69, 9.17) is 22.7 Å². The zero-order valence-corrected chi connectivity index (χ0v) is 12.1. The molecule has 0 bridgehead atoms. The maximum Gasteiger partial charge on any atom is 0.412 e. The van der Waals surface area contributed by atoms with Crippen molar-refractivity contribution < 1.29 is 9.53 Å². The Bertz CT molecular complexity index is 423. The summed E-state index contributed by atoms with van der Waals surface area (Å²) in [5.74, 6) is 0.224. The van der Waals surface area contributed by atoms with Gasteiger partial charge in [-0.05, 0) is 11.5 Å². The summed E-state index contributed by atoms with van der Waals surface area (Å²) < 4.78 is 5.07. The van der Waals surface area contributed by atoms with E-state index in [0.717, 1.165) is 12.0 Å². The first-order valence-electron chi connectivity index (χ1n) is 6.31. The van der Waals surface area contributed by atoms with Crippen LogP contribution in [0.1, 0.15) is 25.8 Å². The minimum atomic E-state index is -0.562. The van der Waals surface area contributed by atoms with Crippen molar-refractivity contribution in [1.29, 1.82) is 0 Å². The van der Waals surface area contributed by atoms with Gasteiger partial charge in [-0.2, -0.15) is 0 Å². The molecule has 1 rings (SSSR count). The van der Waals surface area contributed by atoms with Gasteiger partial charge in [-0.3, -0.25) is 5.32 Å². The number of nitrogens with one attached hydrogen (secondary N) is 1. The Morgan fingerprint density at radius 3 is 2.63 bits per heavy atom. The molecular formula is C14H20N2O2S. The lowest BCUT2D eigenvalue weighted by Gasteiger charge is -2.19. The second kappa shape index (κ2) is 7.86. The minimum Gasteiger partial charge on any atom is -0.444 e. The lowest BCUT2D eigenvalue weighted by atomic mass is 10.0. The van der Waals surface area contributed by atoms with Crippen molar-refractivity contribution in [3.05, 3.63) is 35.9 Å². The van der Waals surface area contributed by atoms with Crippen molar-refractivity contribution in [3.8, 4) is 0 Å². The Hall–Kier alpha value is -1.46. The second-order valence-corrected chi connectivity index (χ2v) is 4.90. The van der Waals surface area contributed by atoms with Crippen LogP contribution >= 0.6 is 12.2 Å². The number of carbonyl (C=O) groups excluding carboxylic acids is 1. The van der Waals surface area contributed by atoms with Gasteiger partial charge in [-0.15, -0.1) is 0 Å². The van der Waals surface area contributed by atoms with E-state index >= 15 is 0 Å². The summed E-state index contributed by atoms with van der Waals surface area (Å²) in [7, 11) is 0. The zero-order chi connectivity index (χ0) is 14.3. The predicted molar refractivity (Wildman–Crippen MR) is 79.8 cm³/mol. The molecule has 5 heteroatoms. The van der Waals surface area contributed by atoms with Gasteiger partial charge in [0.25, 0.3) is 0 Å². The van der Waals surface area contributed by atoms with Crippen LogP contribution in [0.4, 0.5) is 4.79 Å². The van der Waals surface area contributed by atoms with Crippen LogP contribution in [0.3, 0.4) is 0 Å². The standard InChI is InChI=1S/C14H20N2O2S/c1-3-10(2)12(15)13(19)16-14(17)18-9-11-7-5-4-6-8-11/h4-8,10,12H,3,9,15H2,1-2H3,(H,16,17,19)/t10-,12-/m0/s1. The third-order valence-electron chi connectivity index (χ3n) is 3.00. The third-order valence-corrected chi connectivity index (χ3v) is 3.37. The highest BCUT2D eigenvalue weighted by atomic mass is 32.1. The molecule has 0 saturated carbocycles. The van der Waals surface area contributed by atoms with E-state index in [1.54, 1.807) is 0 Å². The van der Waals surface area contributed by atoms with Gasteiger partial charge < -0.3 is 10.5 Å². The zero-order valence-electron chi connectivity index (χ0n) is 11.3. The molecule has 104 valence electrons. The summed E-state index contributed by atoms with van der Waals surface area (Å²) in [6.07, 6.45) is 0.342. The molecule has 0 saturated heterocycles. The van der Waals surface area contributed by atoms with Gasteiger partial charge in [-0.1, -0.05) is 62.8 Å². The molecule has 1 aromatic rings. The predicted octanol–water partition coefficient (Wildman–Crippen LogP) is 2.61. The molecule has 0 radical (unpaired) electrons. The molecule has 0 aliphatic rings. The van der Waals surface area contributed by atoms with Crippen LogP contribution in [0.2, 0.25) is 0 Å². The van der Waals surface area contributed by atoms with Gasteiger partial charge in [0.05, 0.1) is 6.04 Å². The SMILES string of the molecule is CC[C@H](C)[C@H](N)C(=S)NC(=O)OCc1ccccc1. The van der Waals surface area contributed by atoms with Gasteiger partial charge in [0.1, 0.15) is 11.6 Å². The summed E-state index contributed by atoms with van der Waals surface area (Å²) in [6.45, 7) is 4.24. The van der Waals surface area contributed by atoms with Gasteiger partial charge in [0, 0.05) is 0 Å². The average molecular weight is 280 g/mol. The molecule has 0 fully saturated rings. The lowest BCUT2D eigenvalue weighted by Crippen LogP contribution is -2.45. The van der Waals surface area contributed by atoms with E-state index in [2.05, 4.69) is 5.32 Å². The normalized spacial score (nSPS) is 13.4. The van der Waals surface area contributed by atoms with Gasteiger partial charge >= 0.3 is 6.09 Å². The quantitative estimate of drug-likeness (QED) is 0.814. The first-order valence-corrected chi connectivity index (χ1v) is 6.72. The fraction of sp³-hybridized carbons (Fsp3) is 0.429. The molecular weight excluding hydrogens is 260 g/mol. The van der Waals surface area contributed by atoms with Crippen LogP contribution in [0.25, 0.3) is 0 Å². The molecule has 0 aromatic heterocycles. The summed E-state index contributed by atoms with van der Waals surface area (Å²) in [5, 5.41) is 2.51. The van der Waals surface area contributed by atoms with E-state index in [9.17, 15) is 4.79 Å². The van der Waals surface area contributed by atoms with E-state index in [1.165, 1.54) is 0 Å². The van der Waals surface area contributed by atoms with Crippen LogP contribution in [0.5, 0.6) is 0 Å². The number of carbonyl (C=O) groups is 1. The Labute approximate surface area is 119 Å². The first kappa shape index (κ1) is 15.6. The summed E-state index contributed by atoms with van der Waals surface area (Å²) in [5.41, 5.74) is 6.84. The molecule has 4 nitrogen and oxygen atoms in total. The highest BCUT2D eigenvalue weighted by molar-refractivity contribution is 7.80. The number of rotatable bonds is 5. The van der Waals surface area contributed by atoms with E-state index in [-0.39, 0.29) is 18.6 Å². The third kappa shape index (κ3) is 5.36. The molecule has 0 aliphatic heterocycles. The van der Waals surface area contributed by atoms with Gasteiger partial charge in [-0.25, -0.2) is 4.79 Å². The molecule has 0 aliphatic carbocycles. The van der Waals surface area contributed by atoms with Crippen molar-refractivity contribution in [3.63, 3.8) is 0 Å². The first-order chi connectivity index (χ1) is 9.04. The van der Waals surface area contributed by atoms with E-state index < -0.39 is 6.09 Å². The Balaban J connectivity index is 2.37. The molecule has 0 heterocycles.